The van der Waals surface area contributed by atoms with Crippen LogP contribution in [0.5, 0.6) is 0 Å². The van der Waals surface area contributed by atoms with Crippen molar-refractivity contribution in [1.29, 1.82) is 0 Å². The summed E-state index contributed by atoms with van der Waals surface area (Å²) in [5.41, 5.74) is 6.52. The van der Waals surface area contributed by atoms with Gasteiger partial charge in [-0.05, 0) is 55.2 Å². The van der Waals surface area contributed by atoms with Gasteiger partial charge in [0.15, 0.2) is 5.16 Å². The predicted octanol–water partition coefficient (Wildman–Crippen LogP) is 5.69. The number of thioether (sulfide) groups is 1. The first-order chi connectivity index (χ1) is 14.1. The maximum absolute atomic E-state index is 14.1. The lowest BCUT2D eigenvalue weighted by molar-refractivity contribution is 0.422. The van der Waals surface area contributed by atoms with E-state index in [0.717, 1.165) is 58.2 Å². The van der Waals surface area contributed by atoms with E-state index in [2.05, 4.69) is 50.2 Å². The second kappa shape index (κ2) is 7.17. The Morgan fingerprint density at radius 1 is 1.10 bits per heavy atom. The van der Waals surface area contributed by atoms with E-state index < -0.39 is 0 Å². The fraction of sp³-hybridized carbons (Fsp3) is 0.360. The zero-order chi connectivity index (χ0) is 20.0. The number of hydrogen-bond donors (Lipinski definition) is 0. The molecule has 0 N–H and O–H groups in total. The molecule has 0 radical (unpaired) electrons. The maximum Gasteiger partial charge on any atom is 0.263 e. The van der Waals surface area contributed by atoms with Crippen molar-refractivity contribution in [3.8, 4) is 16.9 Å². The minimum atomic E-state index is -0.0608. The quantitative estimate of drug-likeness (QED) is 0.417. The fourth-order valence-electron chi connectivity index (χ4n) is 5.23. The first-order valence-electron chi connectivity index (χ1n) is 10.6. The summed E-state index contributed by atoms with van der Waals surface area (Å²) in [4.78, 5) is 19.3. The van der Waals surface area contributed by atoms with Crippen LogP contribution in [0.2, 0.25) is 0 Å². The van der Waals surface area contributed by atoms with Gasteiger partial charge in [0.1, 0.15) is 0 Å². The molecular formula is C25H26N2OS. The predicted molar refractivity (Wildman–Crippen MR) is 120 cm³/mol. The van der Waals surface area contributed by atoms with Crippen LogP contribution < -0.4 is 5.56 Å². The van der Waals surface area contributed by atoms with Crippen molar-refractivity contribution in [2.75, 3.05) is 5.75 Å². The number of benzene rings is 2. The van der Waals surface area contributed by atoms with E-state index in [1.54, 1.807) is 11.8 Å². The Morgan fingerprint density at radius 2 is 1.90 bits per heavy atom. The molecule has 4 heteroatoms. The van der Waals surface area contributed by atoms with Crippen LogP contribution in [0, 0.1) is 6.92 Å². The highest BCUT2D eigenvalue weighted by atomic mass is 32.2. The second-order valence-electron chi connectivity index (χ2n) is 8.35. The van der Waals surface area contributed by atoms with Crippen LogP contribution in [0.3, 0.4) is 0 Å². The third kappa shape index (κ3) is 2.96. The highest BCUT2D eigenvalue weighted by Gasteiger charge is 2.44. The second-order valence-corrected chi connectivity index (χ2v) is 9.58. The SMILES string of the molecule is CCSc1nc2c(c(=O)n1-c1cccc(C)c1)C1(CCCC1)Cc1ccccc1-2. The molecule has 1 spiro atoms. The maximum atomic E-state index is 14.1. The third-order valence-electron chi connectivity index (χ3n) is 6.48. The molecule has 0 aliphatic heterocycles. The molecule has 148 valence electrons. The molecule has 3 nitrogen and oxygen atoms in total. The average molecular weight is 403 g/mol. The van der Waals surface area contributed by atoms with Crippen LogP contribution in [-0.4, -0.2) is 15.3 Å². The van der Waals surface area contributed by atoms with Gasteiger partial charge in [-0.15, -0.1) is 0 Å². The molecule has 2 aromatic carbocycles. The fourth-order valence-corrected chi connectivity index (χ4v) is 5.96. The topological polar surface area (TPSA) is 34.9 Å². The summed E-state index contributed by atoms with van der Waals surface area (Å²) < 4.78 is 1.87. The molecule has 1 saturated carbocycles. The van der Waals surface area contributed by atoms with Gasteiger partial charge in [0.2, 0.25) is 0 Å². The minimum Gasteiger partial charge on any atom is -0.268 e. The lowest BCUT2D eigenvalue weighted by Crippen LogP contribution is -2.40. The van der Waals surface area contributed by atoms with Crippen molar-refractivity contribution in [3.63, 3.8) is 0 Å². The van der Waals surface area contributed by atoms with E-state index in [0.29, 0.717) is 0 Å². The molecule has 0 saturated heterocycles. The van der Waals surface area contributed by atoms with E-state index in [-0.39, 0.29) is 11.0 Å². The molecule has 29 heavy (non-hydrogen) atoms. The molecule has 3 aromatic rings. The Labute approximate surface area is 176 Å². The Hall–Kier alpha value is -2.33. The summed E-state index contributed by atoms with van der Waals surface area (Å²) in [5, 5.41) is 0.798. The largest absolute Gasteiger partial charge is 0.268 e. The van der Waals surface area contributed by atoms with Gasteiger partial charge in [-0.2, -0.15) is 0 Å². The van der Waals surface area contributed by atoms with Crippen LogP contribution in [0.15, 0.2) is 58.5 Å². The monoisotopic (exact) mass is 402 g/mol. The summed E-state index contributed by atoms with van der Waals surface area (Å²) in [6, 6.07) is 16.8. The Morgan fingerprint density at radius 3 is 2.66 bits per heavy atom. The van der Waals surface area contributed by atoms with Gasteiger partial charge in [0, 0.05) is 11.0 Å². The molecule has 1 fully saturated rings. The lowest BCUT2D eigenvalue weighted by atomic mass is 9.68. The van der Waals surface area contributed by atoms with Crippen LogP contribution in [-0.2, 0) is 11.8 Å². The Kier molecular flexibility index (Phi) is 4.62. The van der Waals surface area contributed by atoms with Crippen LogP contribution in [0.1, 0.15) is 49.3 Å². The van der Waals surface area contributed by atoms with Gasteiger partial charge >= 0.3 is 0 Å². The summed E-state index contributed by atoms with van der Waals surface area (Å²) in [6.07, 6.45) is 5.51. The van der Waals surface area contributed by atoms with Crippen molar-refractivity contribution in [2.24, 2.45) is 0 Å². The number of nitrogens with zero attached hydrogens (tertiary/aromatic N) is 2. The van der Waals surface area contributed by atoms with E-state index in [1.807, 2.05) is 16.7 Å². The Bertz CT molecular complexity index is 1140. The standard InChI is InChI=1S/C25H26N2OS/c1-3-29-24-26-22-20-12-5-4-10-18(20)16-25(13-6-7-14-25)21(22)23(28)27(24)19-11-8-9-17(2)15-19/h4-5,8-12,15H,3,6-7,13-14,16H2,1-2H3. The smallest absolute Gasteiger partial charge is 0.263 e. The molecule has 0 atom stereocenters. The molecular weight excluding hydrogens is 376 g/mol. The van der Waals surface area contributed by atoms with Gasteiger partial charge in [0.25, 0.3) is 5.56 Å². The number of hydrogen-bond acceptors (Lipinski definition) is 3. The van der Waals surface area contributed by atoms with E-state index in [4.69, 9.17) is 4.98 Å². The lowest BCUT2D eigenvalue weighted by Gasteiger charge is -2.36. The van der Waals surface area contributed by atoms with Gasteiger partial charge in [0.05, 0.1) is 16.9 Å². The Balaban J connectivity index is 1.86. The van der Waals surface area contributed by atoms with Crippen LogP contribution in [0.4, 0.5) is 0 Å². The van der Waals surface area contributed by atoms with Gasteiger partial charge in [-0.3, -0.25) is 9.36 Å². The molecule has 5 rings (SSSR count). The molecule has 0 bridgehead atoms. The van der Waals surface area contributed by atoms with E-state index in [1.165, 1.54) is 18.4 Å². The molecule has 1 aromatic heterocycles. The zero-order valence-electron chi connectivity index (χ0n) is 17.1. The first kappa shape index (κ1) is 18.7. The number of rotatable bonds is 3. The van der Waals surface area contributed by atoms with Crippen molar-refractivity contribution in [3.05, 3.63) is 75.6 Å². The zero-order valence-corrected chi connectivity index (χ0v) is 17.9. The molecule has 1 heterocycles. The molecule has 0 unspecified atom stereocenters. The van der Waals surface area contributed by atoms with Crippen LogP contribution >= 0.6 is 11.8 Å². The first-order valence-corrected chi connectivity index (χ1v) is 11.6. The number of aryl methyl sites for hydroxylation is 1. The number of fused-ring (bicyclic) bond motifs is 4. The van der Waals surface area contributed by atoms with Gasteiger partial charge < -0.3 is 0 Å². The van der Waals surface area contributed by atoms with E-state index in [9.17, 15) is 4.79 Å². The normalized spacial score (nSPS) is 16.6. The van der Waals surface area contributed by atoms with Crippen molar-refractivity contribution in [2.45, 2.75) is 56.5 Å². The average Bonchev–Trinajstić information content (AvgIpc) is 3.16. The summed E-state index contributed by atoms with van der Waals surface area (Å²) >= 11 is 1.65. The highest BCUT2D eigenvalue weighted by Crippen LogP contribution is 2.50. The van der Waals surface area contributed by atoms with Gasteiger partial charge in [-0.25, -0.2) is 4.98 Å². The molecule has 2 aliphatic rings. The van der Waals surface area contributed by atoms with Crippen molar-refractivity contribution in [1.82, 2.24) is 9.55 Å². The van der Waals surface area contributed by atoms with Crippen LogP contribution in [0.25, 0.3) is 16.9 Å². The molecule has 2 aliphatic carbocycles. The summed E-state index contributed by atoms with van der Waals surface area (Å²) in [6.45, 7) is 4.19. The third-order valence-corrected chi connectivity index (χ3v) is 7.30. The van der Waals surface area contributed by atoms with E-state index >= 15 is 0 Å². The van der Waals surface area contributed by atoms with Crippen molar-refractivity contribution < 1.29 is 0 Å². The molecule has 0 amide bonds. The summed E-state index contributed by atoms with van der Waals surface area (Å²) in [5.74, 6) is 0.879. The highest BCUT2D eigenvalue weighted by molar-refractivity contribution is 7.99. The summed E-state index contributed by atoms with van der Waals surface area (Å²) in [7, 11) is 0. The number of aromatic nitrogens is 2. The minimum absolute atomic E-state index is 0.0608. The van der Waals surface area contributed by atoms with Crippen molar-refractivity contribution >= 4 is 11.8 Å². The van der Waals surface area contributed by atoms with Gasteiger partial charge in [-0.1, -0.05) is 67.9 Å².